The Morgan fingerprint density at radius 3 is 2.39 bits per heavy atom. The van der Waals surface area contributed by atoms with Crippen LogP contribution in [-0.4, -0.2) is 30.9 Å². The van der Waals surface area contributed by atoms with Gasteiger partial charge in [0.15, 0.2) is 0 Å². The van der Waals surface area contributed by atoms with Crippen molar-refractivity contribution in [2.45, 2.75) is 24.9 Å². The highest BCUT2D eigenvalue weighted by Gasteiger charge is 2.28. The first-order chi connectivity index (χ1) is 13.4. The zero-order valence-electron chi connectivity index (χ0n) is 16.3. The summed E-state index contributed by atoms with van der Waals surface area (Å²) in [5.74, 6) is 0. The maximum atomic E-state index is 12.6. The molecule has 1 aliphatic rings. The number of aromatic nitrogens is 1. The molecule has 0 bridgehead atoms. The van der Waals surface area contributed by atoms with Crippen molar-refractivity contribution < 1.29 is 8.42 Å². The molecule has 1 atom stereocenters. The molecule has 1 aliphatic heterocycles. The van der Waals surface area contributed by atoms with Gasteiger partial charge < -0.3 is 4.98 Å². The smallest absolute Gasteiger partial charge is 0.265 e. The van der Waals surface area contributed by atoms with Gasteiger partial charge in [0.05, 0.1) is 4.90 Å². The van der Waals surface area contributed by atoms with E-state index >= 15 is 0 Å². The van der Waals surface area contributed by atoms with Gasteiger partial charge in [0, 0.05) is 17.9 Å². The van der Waals surface area contributed by atoms with E-state index in [1.165, 1.54) is 15.2 Å². The lowest BCUT2D eigenvalue weighted by Crippen LogP contribution is -2.44. The van der Waals surface area contributed by atoms with E-state index in [1.54, 1.807) is 37.5 Å². The SMILES string of the molecule is CNC1C=CC(C)=CN1S(=O)(=O)c1ccc(C)cc1.c1ccc2[nH]ccc2c1. The van der Waals surface area contributed by atoms with E-state index in [0.717, 1.165) is 11.1 Å². The van der Waals surface area contributed by atoms with Crippen LogP contribution in [0.2, 0.25) is 0 Å². The third kappa shape index (κ3) is 4.35. The Labute approximate surface area is 166 Å². The fourth-order valence-electron chi connectivity index (χ4n) is 2.92. The molecule has 0 spiro atoms. The number of nitrogens with one attached hydrogen (secondary N) is 2. The van der Waals surface area contributed by atoms with Crippen molar-refractivity contribution in [3.8, 4) is 0 Å². The summed E-state index contributed by atoms with van der Waals surface area (Å²) in [6.07, 6.45) is 6.99. The van der Waals surface area contributed by atoms with Gasteiger partial charge in [0.1, 0.15) is 6.17 Å². The van der Waals surface area contributed by atoms with Gasteiger partial charge in [-0.1, -0.05) is 42.0 Å². The Kier molecular flexibility index (Phi) is 6.02. The lowest BCUT2D eigenvalue weighted by atomic mass is 10.2. The van der Waals surface area contributed by atoms with Gasteiger partial charge in [-0.15, -0.1) is 0 Å². The number of benzene rings is 2. The summed E-state index contributed by atoms with van der Waals surface area (Å²) >= 11 is 0. The molecule has 0 radical (unpaired) electrons. The molecule has 1 unspecified atom stereocenters. The van der Waals surface area contributed by atoms with Crippen molar-refractivity contribution >= 4 is 20.9 Å². The summed E-state index contributed by atoms with van der Waals surface area (Å²) in [6, 6.07) is 17.2. The zero-order chi connectivity index (χ0) is 20.1. The van der Waals surface area contributed by atoms with E-state index in [4.69, 9.17) is 0 Å². The zero-order valence-corrected chi connectivity index (χ0v) is 17.1. The first-order valence-corrected chi connectivity index (χ1v) is 10.5. The van der Waals surface area contributed by atoms with Crippen molar-refractivity contribution in [1.82, 2.24) is 14.6 Å². The van der Waals surface area contributed by atoms with Crippen LogP contribution in [0.3, 0.4) is 0 Å². The molecule has 0 saturated carbocycles. The van der Waals surface area contributed by atoms with Gasteiger partial charge >= 0.3 is 0 Å². The van der Waals surface area contributed by atoms with Crippen LogP contribution in [0.1, 0.15) is 12.5 Å². The lowest BCUT2D eigenvalue weighted by molar-refractivity contribution is 0.406. The number of rotatable bonds is 3. The quantitative estimate of drug-likeness (QED) is 0.699. The van der Waals surface area contributed by atoms with E-state index in [1.807, 2.05) is 44.3 Å². The van der Waals surface area contributed by atoms with Crippen molar-refractivity contribution in [3.63, 3.8) is 0 Å². The van der Waals surface area contributed by atoms with Crippen LogP contribution in [0.5, 0.6) is 0 Å². The van der Waals surface area contributed by atoms with Crippen LogP contribution in [0.15, 0.2) is 89.6 Å². The third-order valence-electron chi connectivity index (χ3n) is 4.50. The second-order valence-corrected chi connectivity index (χ2v) is 8.52. The number of para-hydroxylation sites is 1. The van der Waals surface area contributed by atoms with Crippen molar-refractivity contribution in [3.05, 3.63) is 90.3 Å². The average molecular weight is 396 g/mol. The highest BCUT2D eigenvalue weighted by Crippen LogP contribution is 2.22. The molecule has 4 rings (SSSR count). The van der Waals surface area contributed by atoms with Gasteiger partial charge in [0.25, 0.3) is 10.0 Å². The van der Waals surface area contributed by atoms with Crippen LogP contribution in [0, 0.1) is 6.92 Å². The number of allylic oxidation sites excluding steroid dienone is 2. The minimum atomic E-state index is -3.53. The van der Waals surface area contributed by atoms with E-state index < -0.39 is 10.0 Å². The van der Waals surface area contributed by atoms with E-state index in [9.17, 15) is 8.42 Å². The first-order valence-electron chi connectivity index (χ1n) is 9.08. The molecule has 2 heterocycles. The number of fused-ring (bicyclic) bond motifs is 1. The number of hydrogen-bond donors (Lipinski definition) is 2. The molecule has 3 aromatic rings. The van der Waals surface area contributed by atoms with E-state index in [2.05, 4.69) is 28.5 Å². The average Bonchev–Trinajstić information content (AvgIpc) is 3.17. The standard InChI is InChI=1S/C14H18N2O2S.C8H7N/c1-11-4-7-13(8-5-11)19(17,18)16-10-12(2)6-9-14(16)15-3;1-2-4-8-7(3-1)5-6-9-8/h4-10,14-15H,1-3H3;1-6,9H. The minimum Gasteiger partial charge on any atom is -0.361 e. The fourth-order valence-corrected chi connectivity index (χ4v) is 4.42. The Bertz CT molecular complexity index is 1070. The predicted molar refractivity (Wildman–Crippen MR) is 114 cm³/mol. The second kappa shape index (κ2) is 8.46. The predicted octanol–water partition coefficient (Wildman–Crippen LogP) is 4.17. The maximum absolute atomic E-state index is 12.6. The summed E-state index contributed by atoms with van der Waals surface area (Å²) in [5.41, 5.74) is 3.15. The fraction of sp³-hybridized carbons (Fsp3) is 0.182. The van der Waals surface area contributed by atoms with Crippen LogP contribution in [0.4, 0.5) is 0 Å². The Morgan fingerprint density at radius 2 is 1.71 bits per heavy atom. The van der Waals surface area contributed by atoms with Crippen LogP contribution in [-0.2, 0) is 10.0 Å². The molecule has 0 fully saturated rings. The molecule has 0 amide bonds. The van der Waals surface area contributed by atoms with Gasteiger partial charge in [-0.25, -0.2) is 8.42 Å². The topological polar surface area (TPSA) is 65.2 Å². The van der Waals surface area contributed by atoms with Crippen molar-refractivity contribution in [1.29, 1.82) is 0 Å². The number of nitrogens with zero attached hydrogens (tertiary/aromatic N) is 1. The van der Waals surface area contributed by atoms with Crippen LogP contribution in [0.25, 0.3) is 10.9 Å². The van der Waals surface area contributed by atoms with Crippen LogP contribution < -0.4 is 5.32 Å². The summed E-state index contributed by atoms with van der Waals surface area (Å²) in [7, 11) is -1.79. The van der Waals surface area contributed by atoms with Gasteiger partial charge in [0.2, 0.25) is 0 Å². The number of H-pyrrole nitrogens is 1. The van der Waals surface area contributed by atoms with E-state index in [-0.39, 0.29) is 6.17 Å². The number of sulfonamides is 1. The normalized spacial score (nSPS) is 16.5. The molecule has 2 aromatic carbocycles. The van der Waals surface area contributed by atoms with E-state index in [0.29, 0.717) is 4.90 Å². The number of likely N-dealkylation sites (N-methyl/N-ethyl adjacent to an activating group) is 1. The summed E-state index contributed by atoms with van der Waals surface area (Å²) in [5, 5.41) is 4.25. The van der Waals surface area contributed by atoms with Crippen molar-refractivity contribution in [2.75, 3.05) is 7.05 Å². The second-order valence-electron chi connectivity index (χ2n) is 6.68. The monoisotopic (exact) mass is 395 g/mol. The molecular weight excluding hydrogens is 370 g/mol. The van der Waals surface area contributed by atoms with Crippen LogP contribution >= 0.6 is 0 Å². The maximum Gasteiger partial charge on any atom is 0.265 e. The van der Waals surface area contributed by atoms with Crippen molar-refractivity contribution in [2.24, 2.45) is 0 Å². The highest BCUT2D eigenvalue weighted by atomic mass is 32.2. The molecule has 0 saturated heterocycles. The number of aryl methyl sites for hydroxylation is 1. The molecule has 2 N–H and O–H groups in total. The molecule has 5 nitrogen and oxygen atoms in total. The molecular formula is C22H25N3O2S. The van der Waals surface area contributed by atoms with Gasteiger partial charge in [-0.2, -0.15) is 0 Å². The Morgan fingerprint density at radius 1 is 1.00 bits per heavy atom. The molecule has 6 heteroatoms. The summed E-state index contributed by atoms with van der Waals surface area (Å²) in [6.45, 7) is 3.81. The first kappa shape index (κ1) is 19.9. The highest BCUT2D eigenvalue weighted by molar-refractivity contribution is 7.89. The lowest BCUT2D eigenvalue weighted by Gasteiger charge is -2.30. The summed E-state index contributed by atoms with van der Waals surface area (Å²) in [4.78, 5) is 3.42. The largest absolute Gasteiger partial charge is 0.361 e. The number of hydrogen-bond acceptors (Lipinski definition) is 3. The van der Waals surface area contributed by atoms with Gasteiger partial charge in [-0.05, 0) is 62.2 Å². The Hall–Kier alpha value is -2.83. The minimum absolute atomic E-state index is 0.303. The molecule has 1 aromatic heterocycles. The Balaban J connectivity index is 0.000000206. The van der Waals surface area contributed by atoms with Gasteiger partial charge in [-0.3, -0.25) is 9.62 Å². The number of aromatic amines is 1. The third-order valence-corrected chi connectivity index (χ3v) is 6.26. The molecule has 146 valence electrons. The molecule has 28 heavy (non-hydrogen) atoms. The summed E-state index contributed by atoms with van der Waals surface area (Å²) < 4.78 is 26.6. The molecule has 0 aliphatic carbocycles.